The van der Waals surface area contributed by atoms with E-state index in [4.69, 9.17) is 4.74 Å². The first-order chi connectivity index (χ1) is 7.70. The standard InChI is InChI=1S/C11H15BrN2O2/c1-16-11(15)8-3-2-4-9(7-8)14-6-5-10(12)13-14/h5-6,8-9H,2-4,7H2,1H3. The van der Waals surface area contributed by atoms with Crippen LogP contribution in [0.1, 0.15) is 31.7 Å². The number of methoxy groups -OCH3 is 1. The number of hydrogen-bond donors (Lipinski definition) is 0. The number of ether oxygens (including phenoxy) is 1. The van der Waals surface area contributed by atoms with Crippen LogP contribution in [0.4, 0.5) is 0 Å². The van der Waals surface area contributed by atoms with Gasteiger partial charge in [-0.1, -0.05) is 6.42 Å². The summed E-state index contributed by atoms with van der Waals surface area (Å²) < 4.78 is 7.59. The zero-order chi connectivity index (χ0) is 11.5. The van der Waals surface area contributed by atoms with Crippen LogP contribution in [0.15, 0.2) is 16.9 Å². The molecule has 0 spiro atoms. The van der Waals surface area contributed by atoms with Crippen LogP contribution in [0.25, 0.3) is 0 Å². The zero-order valence-corrected chi connectivity index (χ0v) is 10.8. The summed E-state index contributed by atoms with van der Waals surface area (Å²) in [5, 5.41) is 4.34. The molecule has 0 saturated heterocycles. The quantitative estimate of drug-likeness (QED) is 0.785. The highest BCUT2D eigenvalue weighted by Crippen LogP contribution is 2.33. The minimum absolute atomic E-state index is 0.0340. The Bertz CT molecular complexity index is 378. The number of carbonyl (C=O) groups is 1. The van der Waals surface area contributed by atoms with Crippen LogP contribution >= 0.6 is 15.9 Å². The molecule has 2 rings (SSSR count). The Morgan fingerprint density at radius 2 is 2.44 bits per heavy atom. The Morgan fingerprint density at radius 3 is 3.06 bits per heavy atom. The van der Waals surface area contributed by atoms with Crippen LogP contribution in [0, 0.1) is 5.92 Å². The molecular weight excluding hydrogens is 272 g/mol. The normalized spacial score (nSPS) is 25.4. The van der Waals surface area contributed by atoms with Gasteiger partial charge in [0.15, 0.2) is 0 Å². The predicted octanol–water partition coefficient (Wildman–Crippen LogP) is 2.55. The highest BCUT2D eigenvalue weighted by Gasteiger charge is 2.29. The molecule has 0 N–H and O–H groups in total. The molecule has 0 aromatic carbocycles. The molecule has 1 aromatic rings. The van der Waals surface area contributed by atoms with Gasteiger partial charge in [0.2, 0.25) is 0 Å². The van der Waals surface area contributed by atoms with Crippen molar-refractivity contribution in [1.29, 1.82) is 0 Å². The minimum Gasteiger partial charge on any atom is -0.469 e. The van der Waals surface area contributed by atoms with Crippen molar-refractivity contribution >= 4 is 21.9 Å². The van der Waals surface area contributed by atoms with Crippen molar-refractivity contribution in [2.24, 2.45) is 5.92 Å². The molecule has 1 heterocycles. The SMILES string of the molecule is COC(=O)C1CCCC(n2ccc(Br)n2)C1. The van der Waals surface area contributed by atoms with E-state index in [9.17, 15) is 4.79 Å². The first-order valence-corrected chi connectivity index (χ1v) is 6.28. The van der Waals surface area contributed by atoms with Crippen LogP contribution in [-0.4, -0.2) is 22.9 Å². The van der Waals surface area contributed by atoms with Gasteiger partial charge in [-0.2, -0.15) is 5.10 Å². The van der Waals surface area contributed by atoms with Crippen LogP contribution < -0.4 is 0 Å². The van der Waals surface area contributed by atoms with Crippen LogP contribution in [0.5, 0.6) is 0 Å². The average Bonchev–Trinajstić information content (AvgIpc) is 2.75. The Morgan fingerprint density at radius 1 is 1.62 bits per heavy atom. The molecule has 4 nitrogen and oxygen atoms in total. The van der Waals surface area contributed by atoms with Crippen molar-refractivity contribution in [2.75, 3.05) is 7.11 Å². The topological polar surface area (TPSA) is 44.1 Å². The lowest BCUT2D eigenvalue weighted by Crippen LogP contribution is -2.26. The summed E-state index contributed by atoms with van der Waals surface area (Å²) in [6.45, 7) is 0. The minimum atomic E-state index is -0.0871. The highest BCUT2D eigenvalue weighted by molar-refractivity contribution is 9.10. The number of esters is 1. The van der Waals surface area contributed by atoms with Gasteiger partial charge in [-0.05, 0) is 41.3 Å². The van der Waals surface area contributed by atoms with Gasteiger partial charge < -0.3 is 4.74 Å². The number of nitrogens with zero attached hydrogens (tertiary/aromatic N) is 2. The first kappa shape index (κ1) is 11.6. The summed E-state index contributed by atoms with van der Waals surface area (Å²) in [6, 6.07) is 2.24. The van der Waals surface area contributed by atoms with E-state index in [0.29, 0.717) is 6.04 Å². The summed E-state index contributed by atoms with van der Waals surface area (Å²) in [6.07, 6.45) is 5.87. The van der Waals surface area contributed by atoms with Crippen LogP contribution in [-0.2, 0) is 9.53 Å². The Balaban J connectivity index is 2.04. The smallest absolute Gasteiger partial charge is 0.308 e. The number of carbonyl (C=O) groups excluding carboxylic acids is 1. The summed E-state index contributed by atoms with van der Waals surface area (Å²) in [5.74, 6) is -0.0531. The van der Waals surface area contributed by atoms with Crippen molar-refractivity contribution in [3.8, 4) is 0 Å². The van der Waals surface area contributed by atoms with Crippen LogP contribution in [0.3, 0.4) is 0 Å². The van der Waals surface area contributed by atoms with Crippen molar-refractivity contribution in [1.82, 2.24) is 9.78 Å². The Hall–Kier alpha value is -0.840. The molecule has 2 atom stereocenters. The van der Waals surface area contributed by atoms with E-state index in [0.717, 1.165) is 30.3 Å². The fourth-order valence-corrected chi connectivity index (χ4v) is 2.60. The lowest BCUT2D eigenvalue weighted by Gasteiger charge is -2.27. The number of rotatable bonds is 2. The highest BCUT2D eigenvalue weighted by atomic mass is 79.9. The number of aromatic nitrogens is 2. The van der Waals surface area contributed by atoms with Gasteiger partial charge in [-0.25, -0.2) is 0 Å². The zero-order valence-electron chi connectivity index (χ0n) is 9.23. The third kappa shape index (κ3) is 2.45. The van der Waals surface area contributed by atoms with Crippen LogP contribution in [0.2, 0.25) is 0 Å². The Kier molecular flexibility index (Phi) is 3.63. The van der Waals surface area contributed by atoms with E-state index < -0.39 is 0 Å². The van der Waals surface area contributed by atoms with Crippen molar-refractivity contribution in [3.63, 3.8) is 0 Å². The van der Waals surface area contributed by atoms with Crippen molar-refractivity contribution in [3.05, 3.63) is 16.9 Å². The lowest BCUT2D eigenvalue weighted by molar-refractivity contribution is -0.147. The third-order valence-electron chi connectivity index (χ3n) is 3.13. The molecule has 1 aromatic heterocycles. The monoisotopic (exact) mass is 286 g/mol. The molecule has 1 aliphatic rings. The van der Waals surface area contributed by atoms with E-state index in [1.807, 2.05) is 16.9 Å². The van der Waals surface area contributed by atoms with E-state index in [-0.39, 0.29) is 11.9 Å². The molecule has 1 saturated carbocycles. The molecular formula is C11H15BrN2O2. The maximum absolute atomic E-state index is 11.5. The molecule has 2 unspecified atom stereocenters. The van der Waals surface area contributed by atoms with E-state index in [2.05, 4.69) is 21.0 Å². The summed E-state index contributed by atoms with van der Waals surface area (Å²) in [4.78, 5) is 11.5. The second-order valence-corrected chi connectivity index (χ2v) is 4.97. The Labute approximate surface area is 103 Å². The maximum atomic E-state index is 11.5. The second-order valence-electron chi connectivity index (χ2n) is 4.16. The molecule has 0 amide bonds. The third-order valence-corrected chi connectivity index (χ3v) is 3.55. The maximum Gasteiger partial charge on any atom is 0.308 e. The van der Waals surface area contributed by atoms with Gasteiger partial charge >= 0.3 is 5.97 Å². The molecule has 0 bridgehead atoms. The second kappa shape index (κ2) is 4.99. The van der Waals surface area contributed by atoms with E-state index in [1.165, 1.54) is 7.11 Å². The molecule has 5 heteroatoms. The fraction of sp³-hybridized carbons (Fsp3) is 0.636. The number of halogens is 1. The van der Waals surface area contributed by atoms with Gasteiger partial charge in [0, 0.05) is 6.20 Å². The van der Waals surface area contributed by atoms with Gasteiger partial charge in [-0.15, -0.1) is 0 Å². The largest absolute Gasteiger partial charge is 0.469 e. The van der Waals surface area contributed by atoms with Gasteiger partial charge in [-0.3, -0.25) is 9.48 Å². The summed E-state index contributed by atoms with van der Waals surface area (Å²) in [7, 11) is 1.45. The predicted molar refractivity (Wildman–Crippen MR) is 62.9 cm³/mol. The summed E-state index contributed by atoms with van der Waals surface area (Å²) >= 11 is 3.33. The molecule has 16 heavy (non-hydrogen) atoms. The molecule has 1 fully saturated rings. The first-order valence-electron chi connectivity index (χ1n) is 5.49. The molecule has 0 aliphatic heterocycles. The van der Waals surface area contributed by atoms with Crippen molar-refractivity contribution < 1.29 is 9.53 Å². The summed E-state index contributed by atoms with van der Waals surface area (Å²) in [5.41, 5.74) is 0. The van der Waals surface area contributed by atoms with E-state index in [1.54, 1.807) is 0 Å². The van der Waals surface area contributed by atoms with Crippen molar-refractivity contribution in [2.45, 2.75) is 31.7 Å². The lowest BCUT2D eigenvalue weighted by atomic mass is 9.86. The number of hydrogen-bond acceptors (Lipinski definition) is 3. The molecule has 1 aliphatic carbocycles. The van der Waals surface area contributed by atoms with E-state index >= 15 is 0 Å². The fourth-order valence-electron chi connectivity index (χ4n) is 2.30. The molecule has 88 valence electrons. The average molecular weight is 287 g/mol. The van der Waals surface area contributed by atoms with Gasteiger partial charge in [0.25, 0.3) is 0 Å². The van der Waals surface area contributed by atoms with Gasteiger partial charge in [0.1, 0.15) is 4.60 Å². The molecule has 0 radical (unpaired) electrons. The van der Waals surface area contributed by atoms with Gasteiger partial charge in [0.05, 0.1) is 19.1 Å².